The van der Waals surface area contributed by atoms with Crippen molar-refractivity contribution in [2.75, 3.05) is 13.1 Å². The van der Waals surface area contributed by atoms with Crippen molar-refractivity contribution in [3.63, 3.8) is 0 Å². The van der Waals surface area contributed by atoms with Gasteiger partial charge in [-0.3, -0.25) is 9.69 Å². The van der Waals surface area contributed by atoms with Gasteiger partial charge in [0.05, 0.1) is 0 Å². The number of benzene rings is 1. The Kier molecular flexibility index (Phi) is 5.77. The molecular weight excluding hydrogens is 292 g/mol. The van der Waals surface area contributed by atoms with Crippen LogP contribution < -0.4 is 0 Å². The van der Waals surface area contributed by atoms with Gasteiger partial charge in [-0.25, -0.2) is 4.79 Å². The molecule has 0 aliphatic carbocycles. The maximum Gasteiger partial charge on any atom is 0.326 e. The zero-order valence-corrected chi connectivity index (χ0v) is 14.2. The minimum Gasteiger partial charge on any atom is -0.480 e. The molecule has 1 atom stereocenters. The molecule has 0 unspecified atom stereocenters. The standard InChI is InChI=1S/C18H26N2O3/c1-4-19(13(2)3)12-14-7-9-15(10-8-14)17(21)20-11-5-6-16(20)18(22)23/h7-10,13,16H,4-6,11-12H2,1-3H3,(H,22,23)/t16-/m0/s1. The van der Waals surface area contributed by atoms with Crippen LogP contribution in [0.25, 0.3) is 0 Å². The van der Waals surface area contributed by atoms with E-state index >= 15 is 0 Å². The van der Waals surface area contributed by atoms with Gasteiger partial charge in [0.15, 0.2) is 0 Å². The summed E-state index contributed by atoms with van der Waals surface area (Å²) in [6, 6.07) is 7.33. The van der Waals surface area contributed by atoms with Gasteiger partial charge in [0.1, 0.15) is 6.04 Å². The van der Waals surface area contributed by atoms with Crippen LogP contribution in [0.2, 0.25) is 0 Å². The van der Waals surface area contributed by atoms with Gasteiger partial charge >= 0.3 is 5.97 Å². The van der Waals surface area contributed by atoms with E-state index in [-0.39, 0.29) is 5.91 Å². The minimum absolute atomic E-state index is 0.183. The Morgan fingerprint density at radius 1 is 1.30 bits per heavy atom. The monoisotopic (exact) mass is 318 g/mol. The van der Waals surface area contributed by atoms with E-state index in [2.05, 4.69) is 25.7 Å². The largest absolute Gasteiger partial charge is 0.480 e. The van der Waals surface area contributed by atoms with E-state index in [0.717, 1.165) is 25.1 Å². The van der Waals surface area contributed by atoms with Crippen molar-refractivity contribution in [3.8, 4) is 0 Å². The third-order valence-corrected chi connectivity index (χ3v) is 4.52. The fourth-order valence-corrected chi connectivity index (χ4v) is 3.08. The zero-order valence-electron chi connectivity index (χ0n) is 14.2. The second kappa shape index (κ2) is 7.59. The molecule has 1 saturated heterocycles. The summed E-state index contributed by atoms with van der Waals surface area (Å²) in [6.07, 6.45) is 1.29. The van der Waals surface area contributed by atoms with Crippen LogP contribution in [0.3, 0.4) is 0 Å². The number of hydrogen-bond acceptors (Lipinski definition) is 3. The summed E-state index contributed by atoms with van der Waals surface area (Å²) < 4.78 is 0. The van der Waals surface area contributed by atoms with Crippen LogP contribution >= 0.6 is 0 Å². The molecule has 2 rings (SSSR count). The summed E-state index contributed by atoms with van der Waals surface area (Å²) in [5, 5.41) is 9.20. The SMILES string of the molecule is CCN(Cc1ccc(C(=O)N2CCC[C@H]2C(=O)O)cc1)C(C)C. The molecular formula is C18H26N2O3. The number of carboxylic acids is 1. The second-order valence-corrected chi connectivity index (χ2v) is 6.35. The Labute approximate surface area is 137 Å². The molecule has 0 saturated carbocycles. The Balaban J connectivity index is 2.07. The molecule has 126 valence electrons. The Morgan fingerprint density at radius 2 is 1.96 bits per heavy atom. The number of amides is 1. The Hall–Kier alpha value is -1.88. The number of hydrogen-bond donors (Lipinski definition) is 1. The zero-order chi connectivity index (χ0) is 17.0. The van der Waals surface area contributed by atoms with Crippen LogP contribution in [0.4, 0.5) is 0 Å². The number of likely N-dealkylation sites (tertiary alicyclic amines) is 1. The van der Waals surface area contributed by atoms with Gasteiger partial charge in [0.2, 0.25) is 0 Å². The van der Waals surface area contributed by atoms with Gasteiger partial charge in [-0.05, 0) is 50.9 Å². The molecule has 0 spiro atoms. The molecule has 0 bridgehead atoms. The van der Waals surface area contributed by atoms with Crippen LogP contribution in [0.15, 0.2) is 24.3 Å². The van der Waals surface area contributed by atoms with Crippen molar-refractivity contribution >= 4 is 11.9 Å². The van der Waals surface area contributed by atoms with Gasteiger partial charge in [0, 0.05) is 24.7 Å². The average molecular weight is 318 g/mol. The third-order valence-electron chi connectivity index (χ3n) is 4.52. The fourth-order valence-electron chi connectivity index (χ4n) is 3.08. The quantitative estimate of drug-likeness (QED) is 0.876. The molecule has 5 heteroatoms. The number of rotatable bonds is 6. The van der Waals surface area contributed by atoms with Crippen molar-refractivity contribution in [2.24, 2.45) is 0 Å². The number of aliphatic carboxylic acids is 1. The first-order valence-electron chi connectivity index (χ1n) is 8.30. The van der Waals surface area contributed by atoms with E-state index in [4.69, 9.17) is 0 Å². The van der Waals surface area contributed by atoms with Crippen molar-refractivity contribution in [1.82, 2.24) is 9.80 Å². The van der Waals surface area contributed by atoms with E-state index < -0.39 is 12.0 Å². The molecule has 1 aromatic carbocycles. The van der Waals surface area contributed by atoms with E-state index in [0.29, 0.717) is 24.6 Å². The summed E-state index contributed by atoms with van der Waals surface area (Å²) >= 11 is 0. The highest BCUT2D eigenvalue weighted by atomic mass is 16.4. The summed E-state index contributed by atoms with van der Waals surface area (Å²) in [5.74, 6) is -1.10. The number of carboxylic acid groups (broad SMARTS) is 1. The summed E-state index contributed by atoms with van der Waals surface area (Å²) in [7, 11) is 0. The molecule has 0 radical (unpaired) electrons. The van der Waals surface area contributed by atoms with Crippen molar-refractivity contribution in [1.29, 1.82) is 0 Å². The molecule has 1 aromatic rings. The van der Waals surface area contributed by atoms with Crippen LogP contribution in [0.5, 0.6) is 0 Å². The second-order valence-electron chi connectivity index (χ2n) is 6.35. The smallest absolute Gasteiger partial charge is 0.326 e. The van der Waals surface area contributed by atoms with Gasteiger partial charge in [-0.15, -0.1) is 0 Å². The molecule has 0 aromatic heterocycles. The topological polar surface area (TPSA) is 60.9 Å². The first kappa shape index (κ1) is 17.5. The maximum absolute atomic E-state index is 12.5. The molecule has 1 aliphatic rings. The molecule has 23 heavy (non-hydrogen) atoms. The number of carbonyl (C=O) groups excluding carboxylic acids is 1. The van der Waals surface area contributed by atoms with E-state index in [1.165, 1.54) is 4.90 Å². The molecule has 1 heterocycles. The lowest BCUT2D eigenvalue weighted by molar-refractivity contribution is -0.141. The van der Waals surface area contributed by atoms with Crippen LogP contribution in [0.1, 0.15) is 49.5 Å². The third kappa shape index (κ3) is 4.10. The van der Waals surface area contributed by atoms with Gasteiger partial charge in [0.25, 0.3) is 5.91 Å². The Bertz CT molecular complexity index is 554. The average Bonchev–Trinajstić information content (AvgIpc) is 3.02. The summed E-state index contributed by atoms with van der Waals surface area (Å²) in [5.41, 5.74) is 1.72. The van der Waals surface area contributed by atoms with Crippen LogP contribution in [-0.2, 0) is 11.3 Å². The van der Waals surface area contributed by atoms with Crippen molar-refractivity contribution in [3.05, 3.63) is 35.4 Å². The molecule has 5 nitrogen and oxygen atoms in total. The highest BCUT2D eigenvalue weighted by molar-refractivity contribution is 5.97. The van der Waals surface area contributed by atoms with Gasteiger partial charge < -0.3 is 10.0 Å². The maximum atomic E-state index is 12.5. The molecule has 1 amide bonds. The van der Waals surface area contributed by atoms with E-state index in [1.807, 2.05) is 24.3 Å². The highest BCUT2D eigenvalue weighted by Crippen LogP contribution is 2.21. The lowest BCUT2D eigenvalue weighted by Gasteiger charge is -2.25. The van der Waals surface area contributed by atoms with Gasteiger partial charge in [-0.1, -0.05) is 19.1 Å². The lowest BCUT2D eigenvalue weighted by atomic mass is 10.1. The van der Waals surface area contributed by atoms with Crippen LogP contribution in [-0.4, -0.2) is 52.0 Å². The first-order chi connectivity index (χ1) is 10.9. The van der Waals surface area contributed by atoms with Crippen molar-refractivity contribution in [2.45, 2.75) is 52.2 Å². The minimum atomic E-state index is -0.914. The van der Waals surface area contributed by atoms with E-state index in [9.17, 15) is 14.7 Å². The summed E-state index contributed by atoms with van der Waals surface area (Å²) in [4.78, 5) is 27.6. The predicted molar refractivity (Wildman–Crippen MR) is 89.4 cm³/mol. The fraction of sp³-hybridized carbons (Fsp3) is 0.556. The normalized spacial score (nSPS) is 18.0. The first-order valence-corrected chi connectivity index (χ1v) is 8.30. The predicted octanol–water partition coefficient (Wildman–Crippen LogP) is 2.61. The van der Waals surface area contributed by atoms with Gasteiger partial charge in [-0.2, -0.15) is 0 Å². The van der Waals surface area contributed by atoms with Crippen LogP contribution in [0, 0.1) is 0 Å². The molecule has 1 N–H and O–H groups in total. The van der Waals surface area contributed by atoms with E-state index in [1.54, 1.807) is 0 Å². The summed E-state index contributed by atoms with van der Waals surface area (Å²) in [6.45, 7) is 8.82. The molecule has 1 fully saturated rings. The number of nitrogens with zero attached hydrogens (tertiary/aromatic N) is 2. The highest BCUT2D eigenvalue weighted by Gasteiger charge is 2.34. The Morgan fingerprint density at radius 3 is 2.48 bits per heavy atom. The lowest BCUT2D eigenvalue weighted by Crippen LogP contribution is -2.40. The number of carbonyl (C=O) groups is 2. The van der Waals surface area contributed by atoms with Crippen molar-refractivity contribution < 1.29 is 14.7 Å². The molecule has 1 aliphatic heterocycles.